The third-order valence-electron chi connectivity index (χ3n) is 7.19. The number of methoxy groups -OCH3 is 1. The van der Waals surface area contributed by atoms with Crippen molar-refractivity contribution in [1.82, 2.24) is 0 Å². The van der Waals surface area contributed by atoms with E-state index in [1.54, 1.807) is 6.92 Å². The van der Waals surface area contributed by atoms with Crippen LogP contribution >= 0.6 is 11.3 Å². The number of benzene rings is 2. The molecule has 0 aliphatic rings. The number of carbonyl (C=O) groups is 2. The molecule has 266 valence electrons. The van der Waals surface area contributed by atoms with Crippen molar-refractivity contribution in [2.24, 2.45) is 10.2 Å². The van der Waals surface area contributed by atoms with Crippen molar-refractivity contribution in [3.05, 3.63) is 81.5 Å². The maximum atomic E-state index is 11.5. The molecule has 3 rings (SSSR count). The molecule has 2 aromatic carbocycles. The molecule has 0 saturated carbocycles. The van der Waals surface area contributed by atoms with Gasteiger partial charge in [-0.25, -0.2) is 4.85 Å². The lowest BCUT2D eigenvalue weighted by atomic mass is 10.1. The van der Waals surface area contributed by atoms with E-state index < -0.39 is 11.9 Å². The molecule has 3 aromatic rings. The SMILES string of the molecule is [C-]#[N+]c1c(N=Nc2ccc(N(CCOCCOCCOCCOCCOC(=O)CCC(=O)OC)Cc3ccccc3)cc2C)sc(C#N)c1C. The first-order valence-electron chi connectivity index (χ1n) is 16.1. The molecule has 0 radical (unpaired) electrons. The molecule has 0 spiro atoms. The van der Waals surface area contributed by atoms with E-state index in [-0.39, 0.29) is 26.1 Å². The van der Waals surface area contributed by atoms with Crippen LogP contribution in [0.2, 0.25) is 0 Å². The number of hydrogen-bond donors (Lipinski definition) is 0. The van der Waals surface area contributed by atoms with Gasteiger partial charge in [0.15, 0.2) is 0 Å². The minimum atomic E-state index is -0.470. The van der Waals surface area contributed by atoms with E-state index in [4.69, 9.17) is 30.3 Å². The summed E-state index contributed by atoms with van der Waals surface area (Å²) in [7, 11) is 1.27. The lowest BCUT2D eigenvalue weighted by Crippen LogP contribution is -2.27. The molecule has 0 bridgehead atoms. The fourth-order valence-corrected chi connectivity index (χ4v) is 5.34. The summed E-state index contributed by atoms with van der Waals surface area (Å²) in [6, 6.07) is 18.3. The summed E-state index contributed by atoms with van der Waals surface area (Å²) in [4.78, 5) is 28.8. The van der Waals surface area contributed by atoms with Gasteiger partial charge in [-0.15, -0.1) is 11.3 Å². The average molecular weight is 706 g/mol. The van der Waals surface area contributed by atoms with Crippen LogP contribution in [0.1, 0.15) is 34.4 Å². The van der Waals surface area contributed by atoms with Gasteiger partial charge in [0.25, 0.3) is 0 Å². The van der Waals surface area contributed by atoms with Crippen molar-refractivity contribution >= 4 is 45.3 Å². The number of ether oxygens (including phenoxy) is 6. The van der Waals surface area contributed by atoms with E-state index in [1.165, 1.54) is 24.0 Å². The second-order valence-electron chi connectivity index (χ2n) is 10.8. The maximum Gasteiger partial charge on any atom is 0.306 e. The molecule has 0 fully saturated rings. The van der Waals surface area contributed by atoms with Crippen molar-refractivity contribution < 1.29 is 38.0 Å². The summed E-state index contributed by atoms with van der Waals surface area (Å²) in [5.74, 6) is -0.923. The van der Waals surface area contributed by atoms with Gasteiger partial charge in [0.1, 0.15) is 17.7 Å². The van der Waals surface area contributed by atoms with Crippen molar-refractivity contribution in [2.45, 2.75) is 33.2 Å². The van der Waals surface area contributed by atoms with E-state index in [2.05, 4.69) is 49.0 Å². The first-order chi connectivity index (χ1) is 24.4. The molecule has 0 saturated heterocycles. The van der Waals surface area contributed by atoms with Gasteiger partial charge in [0.05, 0.1) is 89.9 Å². The van der Waals surface area contributed by atoms with Crippen LogP contribution in [0.4, 0.5) is 22.1 Å². The largest absolute Gasteiger partial charge is 0.469 e. The molecule has 13 nitrogen and oxygen atoms in total. The van der Waals surface area contributed by atoms with Gasteiger partial charge in [0.2, 0.25) is 5.69 Å². The third kappa shape index (κ3) is 14.0. The summed E-state index contributed by atoms with van der Waals surface area (Å²) >= 11 is 1.17. The molecule has 0 aliphatic heterocycles. The molecule has 0 amide bonds. The van der Waals surface area contributed by atoms with Gasteiger partial charge in [-0.3, -0.25) is 9.59 Å². The second kappa shape index (κ2) is 22.8. The van der Waals surface area contributed by atoms with Crippen LogP contribution in [0.15, 0.2) is 58.8 Å². The minimum Gasteiger partial charge on any atom is -0.469 e. The Morgan fingerprint density at radius 2 is 1.48 bits per heavy atom. The molecule has 0 unspecified atom stereocenters. The van der Waals surface area contributed by atoms with Gasteiger partial charge in [-0.1, -0.05) is 30.3 Å². The molecular weight excluding hydrogens is 662 g/mol. The van der Waals surface area contributed by atoms with Gasteiger partial charge >= 0.3 is 11.9 Å². The fourth-order valence-electron chi connectivity index (χ4n) is 4.48. The number of nitriles is 1. The number of hydrogen-bond acceptors (Lipinski definition) is 13. The highest BCUT2D eigenvalue weighted by Crippen LogP contribution is 2.42. The lowest BCUT2D eigenvalue weighted by Gasteiger charge is -2.25. The summed E-state index contributed by atoms with van der Waals surface area (Å²) in [6.45, 7) is 15.9. The van der Waals surface area contributed by atoms with Crippen LogP contribution in [0.3, 0.4) is 0 Å². The second-order valence-corrected chi connectivity index (χ2v) is 11.8. The van der Waals surface area contributed by atoms with Crippen LogP contribution in [0.5, 0.6) is 0 Å². The normalized spacial score (nSPS) is 10.9. The van der Waals surface area contributed by atoms with Gasteiger partial charge in [-0.05, 0) is 48.7 Å². The number of anilines is 1. The number of esters is 2. The maximum absolute atomic E-state index is 11.5. The highest BCUT2D eigenvalue weighted by molar-refractivity contribution is 7.17. The smallest absolute Gasteiger partial charge is 0.306 e. The molecule has 14 heteroatoms. The van der Waals surface area contributed by atoms with E-state index in [0.717, 1.165) is 11.3 Å². The number of azo groups is 1. The van der Waals surface area contributed by atoms with Crippen LogP contribution in [0.25, 0.3) is 4.85 Å². The molecule has 1 heterocycles. The van der Waals surface area contributed by atoms with E-state index in [9.17, 15) is 14.9 Å². The van der Waals surface area contributed by atoms with E-state index in [1.807, 2.05) is 37.3 Å². The van der Waals surface area contributed by atoms with Gasteiger partial charge in [-0.2, -0.15) is 15.5 Å². The predicted octanol–water partition coefficient (Wildman–Crippen LogP) is 6.77. The Morgan fingerprint density at radius 1 is 0.860 bits per heavy atom. The summed E-state index contributed by atoms with van der Waals surface area (Å²) in [5, 5.41) is 18.5. The molecular formula is C36H43N5O8S. The van der Waals surface area contributed by atoms with Crippen LogP contribution in [-0.2, 0) is 44.6 Å². The predicted molar refractivity (Wildman–Crippen MR) is 188 cm³/mol. The van der Waals surface area contributed by atoms with E-state index in [0.29, 0.717) is 86.2 Å². The topological polar surface area (TPSA) is 146 Å². The van der Waals surface area contributed by atoms with E-state index >= 15 is 0 Å². The Labute approximate surface area is 297 Å². The Morgan fingerprint density at radius 3 is 2.08 bits per heavy atom. The minimum absolute atomic E-state index is 0.00511. The van der Waals surface area contributed by atoms with Crippen molar-refractivity contribution in [3.8, 4) is 6.07 Å². The lowest BCUT2D eigenvalue weighted by molar-refractivity contribution is -0.150. The number of aryl methyl sites for hydroxylation is 1. The van der Waals surface area contributed by atoms with Gasteiger partial charge in [0, 0.05) is 18.8 Å². The highest BCUT2D eigenvalue weighted by atomic mass is 32.1. The third-order valence-corrected chi connectivity index (χ3v) is 8.26. The molecule has 0 atom stereocenters. The Hall–Kier alpha value is -4.70. The van der Waals surface area contributed by atoms with Crippen molar-refractivity contribution in [2.75, 3.05) is 78.0 Å². The summed E-state index contributed by atoms with van der Waals surface area (Å²) in [5.41, 5.74) is 4.81. The monoisotopic (exact) mass is 705 g/mol. The quantitative estimate of drug-likeness (QED) is 0.0448. The number of nitrogens with zero attached hydrogens (tertiary/aromatic N) is 5. The summed E-state index contributed by atoms with van der Waals surface area (Å²) in [6.07, 6.45) is -0.0242. The van der Waals surface area contributed by atoms with Crippen molar-refractivity contribution in [1.29, 1.82) is 5.26 Å². The number of carbonyl (C=O) groups excluding carboxylic acids is 2. The zero-order valence-corrected chi connectivity index (χ0v) is 29.5. The van der Waals surface area contributed by atoms with Crippen molar-refractivity contribution in [3.63, 3.8) is 0 Å². The standard InChI is InChI=1S/C36H43N5O8S/c1-27-24-30(10-11-31(27)39-40-36-35(38-3)28(2)32(25-37)50-36)41(26-29-8-6-5-7-9-29)14-15-45-16-17-46-18-19-47-20-21-48-22-23-49-34(43)13-12-33(42)44-4/h5-11,24H,12-23,26H2,1-2,4H3. The molecule has 50 heavy (non-hydrogen) atoms. The first-order valence-corrected chi connectivity index (χ1v) is 16.9. The van der Waals surface area contributed by atoms with Crippen LogP contribution < -0.4 is 4.90 Å². The summed E-state index contributed by atoms with van der Waals surface area (Å²) < 4.78 is 31.8. The molecule has 0 N–H and O–H groups in total. The average Bonchev–Trinajstić information content (AvgIpc) is 3.45. The van der Waals surface area contributed by atoms with Crippen LogP contribution in [0, 0.1) is 31.8 Å². The zero-order chi connectivity index (χ0) is 36.0. The number of rotatable bonds is 23. The molecule has 1 aromatic heterocycles. The first kappa shape index (κ1) is 39.7. The van der Waals surface area contributed by atoms with Crippen LogP contribution in [-0.4, -0.2) is 85.1 Å². The highest BCUT2D eigenvalue weighted by Gasteiger charge is 2.15. The fraction of sp³-hybridized carbons (Fsp3) is 0.444. The zero-order valence-electron chi connectivity index (χ0n) is 28.7. The Kier molecular flexibility index (Phi) is 18.2. The van der Waals surface area contributed by atoms with Gasteiger partial charge < -0.3 is 33.3 Å². The Bertz CT molecular complexity index is 1620. The Balaban J connectivity index is 1.35. The molecule has 0 aliphatic carbocycles. The number of thiophene rings is 1.